The minimum absolute atomic E-state index is 0.566. The molecule has 0 N–H and O–H groups in total. The predicted molar refractivity (Wildman–Crippen MR) is 83.7 cm³/mol. The molecule has 0 bridgehead atoms. The summed E-state index contributed by atoms with van der Waals surface area (Å²) in [6.07, 6.45) is 3.60. The van der Waals surface area contributed by atoms with E-state index in [4.69, 9.17) is 9.26 Å². The van der Waals surface area contributed by atoms with Gasteiger partial charge >= 0.3 is 0 Å². The van der Waals surface area contributed by atoms with Gasteiger partial charge in [0.1, 0.15) is 0 Å². The molecule has 0 spiro atoms. The Labute approximate surface area is 132 Å². The van der Waals surface area contributed by atoms with E-state index in [0.717, 1.165) is 57.7 Å². The van der Waals surface area contributed by atoms with E-state index >= 15 is 0 Å². The number of nitrogens with zero attached hydrogens (tertiary/aromatic N) is 4. The molecular formula is C16H28N4O2. The van der Waals surface area contributed by atoms with E-state index in [1.807, 2.05) is 0 Å². The summed E-state index contributed by atoms with van der Waals surface area (Å²) in [4.78, 5) is 9.54. The highest BCUT2D eigenvalue weighted by Gasteiger charge is 2.30. The van der Waals surface area contributed by atoms with E-state index in [1.54, 1.807) is 0 Å². The molecule has 1 aliphatic heterocycles. The van der Waals surface area contributed by atoms with Gasteiger partial charge in [0.2, 0.25) is 5.89 Å². The van der Waals surface area contributed by atoms with Gasteiger partial charge in [-0.1, -0.05) is 12.1 Å². The molecule has 0 aromatic carbocycles. The number of hydrogen-bond acceptors (Lipinski definition) is 6. The second-order valence-electron chi connectivity index (χ2n) is 6.35. The highest BCUT2D eigenvalue weighted by Crippen LogP contribution is 2.38. The van der Waals surface area contributed by atoms with Crippen LogP contribution in [0.1, 0.15) is 50.7 Å². The summed E-state index contributed by atoms with van der Waals surface area (Å²) < 4.78 is 10.9. The zero-order valence-corrected chi connectivity index (χ0v) is 13.8. The van der Waals surface area contributed by atoms with E-state index in [2.05, 4.69) is 33.8 Å². The van der Waals surface area contributed by atoms with Crippen LogP contribution in [0.3, 0.4) is 0 Å². The second kappa shape index (κ2) is 7.53. The lowest BCUT2D eigenvalue weighted by Crippen LogP contribution is -2.53. The van der Waals surface area contributed by atoms with Gasteiger partial charge < -0.3 is 9.26 Å². The maximum Gasteiger partial charge on any atom is 0.240 e. The Bertz CT molecular complexity index is 461. The van der Waals surface area contributed by atoms with Gasteiger partial charge in [-0.3, -0.25) is 9.80 Å². The molecule has 1 atom stereocenters. The van der Waals surface area contributed by atoms with Gasteiger partial charge in [-0.25, -0.2) is 0 Å². The summed E-state index contributed by atoms with van der Waals surface area (Å²) in [5, 5.41) is 4.11. The van der Waals surface area contributed by atoms with Crippen molar-refractivity contribution in [1.82, 2.24) is 19.9 Å². The lowest BCUT2D eigenvalue weighted by Gasteiger charge is -2.40. The van der Waals surface area contributed by atoms with Crippen molar-refractivity contribution >= 4 is 0 Å². The molecule has 1 saturated carbocycles. The molecule has 2 fully saturated rings. The van der Waals surface area contributed by atoms with Crippen molar-refractivity contribution in [3.8, 4) is 0 Å². The molecule has 1 aliphatic carbocycles. The Hall–Kier alpha value is -0.980. The highest BCUT2D eigenvalue weighted by atomic mass is 16.5. The second-order valence-corrected chi connectivity index (χ2v) is 6.35. The summed E-state index contributed by atoms with van der Waals surface area (Å²) >= 11 is 0. The molecule has 1 saturated heterocycles. The Morgan fingerprint density at radius 1 is 1.27 bits per heavy atom. The number of aromatic nitrogens is 2. The van der Waals surface area contributed by atoms with E-state index in [0.29, 0.717) is 12.0 Å². The van der Waals surface area contributed by atoms with Crippen LogP contribution in [0.5, 0.6) is 0 Å². The summed E-state index contributed by atoms with van der Waals surface area (Å²) in [5.74, 6) is 2.26. The third-order valence-electron chi connectivity index (χ3n) is 4.67. The molecule has 0 amide bonds. The quantitative estimate of drug-likeness (QED) is 0.684. The number of ether oxygens (including phenoxy) is 1. The van der Waals surface area contributed by atoms with Gasteiger partial charge in [0.05, 0.1) is 13.2 Å². The molecule has 0 unspecified atom stereocenters. The Morgan fingerprint density at radius 2 is 2.14 bits per heavy atom. The van der Waals surface area contributed by atoms with Crippen LogP contribution in [-0.4, -0.2) is 65.4 Å². The van der Waals surface area contributed by atoms with Gasteiger partial charge in [0.15, 0.2) is 5.82 Å². The fourth-order valence-corrected chi connectivity index (χ4v) is 3.14. The lowest BCUT2D eigenvalue weighted by molar-refractivity contribution is 0.0350. The van der Waals surface area contributed by atoms with Crippen LogP contribution in [0.15, 0.2) is 4.52 Å². The molecule has 6 nitrogen and oxygen atoms in total. The largest absolute Gasteiger partial charge is 0.380 e. The Morgan fingerprint density at radius 3 is 2.86 bits per heavy atom. The third kappa shape index (κ3) is 4.06. The van der Waals surface area contributed by atoms with Crippen molar-refractivity contribution in [2.75, 3.05) is 39.4 Å². The summed E-state index contributed by atoms with van der Waals surface area (Å²) in [6, 6.07) is 0.597. The first-order chi connectivity index (χ1) is 10.8. The first kappa shape index (κ1) is 15.9. The third-order valence-corrected chi connectivity index (χ3v) is 4.67. The summed E-state index contributed by atoms with van der Waals surface area (Å²) in [6.45, 7) is 11.0. The van der Waals surface area contributed by atoms with Gasteiger partial charge in [-0.2, -0.15) is 4.98 Å². The molecule has 22 heavy (non-hydrogen) atoms. The fourth-order valence-electron chi connectivity index (χ4n) is 3.14. The van der Waals surface area contributed by atoms with Gasteiger partial charge in [0, 0.05) is 44.7 Å². The van der Waals surface area contributed by atoms with Crippen LogP contribution in [0.25, 0.3) is 0 Å². The van der Waals surface area contributed by atoms with Crippen LogP contribution in [0, 0.1) is 0 Å². The number of piperazine rings is 1. The minimum Gasteiger partial charge on any atom is -0.380 e. The summed E-state index contributed by atoms with van der Waals surface area (Å²) in [7, 11) is 0. The zero-order valence-electron chi connectivity index (χ0n) is 13.8. The van der Waals surface area contributed by atoms with Gasteiger partial charge in [-0.15, -0.1) is 0 Å². The van der Waals surface area contributed by atoms with E-state index < -0.39 is 0 Å². The van der Waals surface area contributed by atoms with E-state index in [-0.39, 0.29) is 0 Å². The predicted octanol–water partition coefficient (Wildman–Crippen LogP) is 1.88. The van der Waals surface area contributed by atoms with Crippen LogP contribution in [-0.2, 0) is 11.3 Å². The molecule has 3 rings (SSSR count). The topological polar surface area (TPSA) is 54.6 Å². The van der Waals surface area contributed by atoms with Crippen LogP contribution >= 0.6 is 0 Å². The molecule has 6 heteroatoms. The van der Waals surface area contributed by atoms with Crippen molar-refractivity contribution in [3.05, 3.63) is 11.7 Å². The first-order valence-electron chi connectivity index (χ1n) is 8.66. The molecule has 1 aromatic heterocycles. The first-order valence-corrected chi connectivity index (χ1v) is 8.66. The van der Waals surface area contributed by atoms with Crippen molar-refractivity contribution in [2.45, 2.75) is 51.6 Å². The van der Waals surface area contributed by atoms with Crippen molar-refractivity contribution in [3.63, 3.8) is 0 Å². The maximum atomic E-state index is 5.49. The zero-order chi connectivity index (χ0) is 15.4. The van der Waals surface area contributed by atoms with E-state index in [1.165, 1.54) is 19.3 Å². The maximum absolute atomic E-state index is 5.49. The highest BCUT2D eigenvalue weighted by molar-refractivity contribution is 5.03. The molecule has 0 radical (unpaired) electrons. The molecule has 1 aromatic rings. The van der Waals surface area contributed by atoms with Crippen molar-refractivity contribution in [2.24, 2.45) is 0 Å². The van der Waals surface area contributed by atoms with Gasteiger partial charge in [0.25, 0.3) is 0 Å². The monoisotopic (exact) mass is 308 g/mol. The Kier molecular flexibility index (Phi) is 5.44. The van der Waals surface area contributed by atoms with Crippen molar-refractivity contribution in [1.29, 1.82) is 0 Å². The minimum atomic E-state index is 0.566. The molecular weight excluding hydrogens is 280 g/mol. The smallest absolute Gasteiger partial charge is 0.240 e. The standard InChI is InChI=1S/C16H28N4O2/c1-3-14-11-19(7-8-20(14)9-10-21-4-2)12-15-17-16(18-22-15)13-5-6-13/h13-14H,3-12H2,1-2H3/t14-/m0/s1. The lowest BCUT2D eigenvalue weighted by atomic mass is 10.1. The van der Waals surface area contributed by atoms with Crippen LogP contribution in [0.2, 0.25) is 0 Å². The fraction of sp³-hybridized carbons (Fsp3) is 0.875. The average Bonchev–Trinajstić information content (AvgIpc) is 3.29. The molecule has 124 valence electrons. The van der Waals surface area contributed by atoms with Crippen LogP contribution < -0.4 is 0 Å². The SMILES string of the molecule is CCOCCN1CCN(Cc2nc(C3CC3)no2)C[C@@H]1CC. The Balaban J connectivity index is 1.48. The number of hydrogen-bond donors (Lipinski definition) is 0. The normalized spacial score (nSPS) is 24.0. The molecule has 2 aliphatic rings. The molecule has 2 heterocycles. The van der Waals surface area contributed by atoms with Gasteiger partial charge in [-0.05, 0) is 26.2 Å². The van der Waals surface area contributed by atoms with Crippen LogP contribution in [0.4, 0.5) is 0 Å². The number of rotatable bonds is 8. The summed E-state index contributed by atoms with van der Waals surface area (Å²) in [5.41, 5.74) is 0. The van der Waals surface area contributed by atoms with E-state index in [9.17, 15) is 0 Å². The average molecular weight is 308 g/mol. The van der Waals surface area contributed by atoms with Crippen molar-refractivity contribution < 1.29 is 9.26 Å².